The maximum Gasteiger partial charge on any atom is 0.241 e. The van der Waals surface area contributed by atoms with Crippen molar-refractivity contribution in [2.45, 2.75) is 19.9 Å². The zero-order chi connectivity index (χ0) is 13.0. The Morgan fingerprint density at radius 1 is 1.39 bits per heavy atom. The van der Waals surface area contributed by atoms with Gasteiger partial charge in [0.25, 0.3) is 0 Å². The van der Waals surface area contributed by atoms with Gasteiger partial charge in [-0.3, -0.25) is 9.69 Å². The zero-order valence-corrected chi connectivity index (χ0v) is 11.1. The minimum Gasteiger partial charge on any atom is -0.325 e. The molecule has 4 heteroatoms. The van der Waals surface area contributed by atoms with E-state index in [1.807, 2.05) is 38.1 Å². The summed E-state index contributed by atoms with van der Waals surface area (Å²) in [5.41, 5.74) is 2.03. The van der Waals surface area contributed by atoms with E-state index in [-0.39, 0.29) is 11.9 Å². The molecule has 1 heterocycles. The Balaban J connectivity index is 1.94. The number of amides is 1. The van der Waals surface area contributed by atoms with Gasteiger partial charge < -0.3 is 10.6 Å². The predicted octanol–water partition coefficient (Wildman–Crippen LogP) is 1.23. The van der Waals surface area contributed by atoms with Crippen LogP contribution in [0.4, 0.5) is 5.69 Å². The lowest BCUT2D eigenvalue weighted by Crippen LogP contribution is -2.51. The maximum atomic E-state index is 12.1. The van der Waals surface area contributed by atoms with E-state index in [4.69, 9.17) is 0 Å². The van der Waals surface area contributed by atoms with E-state index in [1.165, 1.54) is 0 Å². The van der Waals surface area contributed by atoms with Crippen molar-refractivity contribution in [1.82, 2.24) is 10.2 Å². The smallest absolute Gasteiger partial charge is 0.241 e. The highest BCUT2D eigenvalue weighted by Crippen LogP contribution is 2.11. The molecular weight excluding hydrogens is 226 g/mol. The monoisotopic (exact) mass is 247 g/mol. The van der Waals surface area contributed by atoms with Gasteiger partial charge in [-0.25, -0.2) is 0 Å². The molecule has 2 rings (SSSR count). The van der Waals surface area contributed by atoms with Crippen molar-refractivity contribution in [3.63, 3.8) is 0 Å². The minimum absolute atomic E-state index is 0.0718. The minimum atomic E-state index is -0.0763. The predicted molar refractivity (Wildman–Crippen MR) is 73.7 cm³/mol. The maximum absolute atomic E-state index is 12.1. The van der Waals surface area contributed by atoms with E-state index in [2.05, 4.69) is 15.5 Å². The van der Waals surface area contributed by atoms with Gasteiger partial charge in [0.05, 0.1) is 6.04 Å². The molecule has 1 aliphatic heterocycles. The molecule has 1 fully saturated rings. The van der Waals surface area contributed by atoms with Crippen LogP contribution in [0.3, 0.4) is 0 Å². The van der Waals surface area contributed by atoms with E-state index >= 15 is 0 Å². The fraction of sp³-hybridized carbons (Fsp3) is 0.500. The third-order valence-corrected chi connectivity index (χ3v) is 3.36. The molecular formula is C14H21N3O. The number of aryl methyl sites for hydroxylation is 1. The van der Waals surface area contributed by atoms with Crippen LogP contribution in [0.25, 0.3) is 0 Å². The highest BCUT2D eigenvalue weighted by atomic mass is 16.2. The van der Waals surface area contributed by atoms with Crippen LogP contribution in [-0.4, -0.2) is 43.0 Å². The number of piperazine rings is 1. The Morgan fingerprint density at radius 3 is 2.78 bits per heavy atom. The summed E-state index contributed by atoms with van der Waals surface area (Å²) in [6.07, 6.45) is 0. The Morgan fingerprint density at radius 2 is 2.11 bits per heavy atom. The van der Waals surface area contributed by atoms with Crippen molar-refractivity contribution in [3.8, 4) is 0 Å². The van der Waals surface area contributed by atoms with Crippen molar-refractivity contribution in [1.29, 1.82) is 0 Å². The molecule has 0 bridgehead atoms. The summed E-state index contributed by atoms with van der Waals surface area (Å²) in [6, 6.07) is 7.82. The van der Waals surface area contributed by atoms with Crippen molar-refractivity contribution in [3.05, 3.63) is 29.8 Å². The van der Waals surface area contributed by atoms with Crippen LogP contribution in [-0.2, 0) is 4.79 Å². The number of nitrogens with zero attached hydrogens (tertiary/aromatic N) is 1. The molecule has 0 spiro atoms. The normalized spacial score (nSPS) is 18.3. The first-order chi connectivity index (χ1) is 8.66. The zero-order valence-electron chi connectivity index (χ0n) is 11.1. The van der Waals surface area contributed by atoms with Crippen molar-refractivity contribution < 1.29 is 4.79 Å². The molecule has 1 aromatic carbocycles. The Kier molecular flexibility index (Phi) is 4.33. The van der Waals surface area contributed by atoms with Crippen molar-refractivity contribution in [2.75, 3.05) is 31.5 Å². The number of carbonyl (C=O) groups excluding carboxylic acids is 1. The lowest BCUT2D eigenvalue weighted by atomic mass is 10.2. The molecule has 1 unspecified atom stereocenters. The standard InChI is InChI=1S/C14H21N3O/c1-11-4-3-5-13(10-11)16-14(18)12(2)17-8-6-15-7-9-17/h3-5,10,12,15H,6-9H2,1-2H3,(H,16,18). The first kappa shape index (κ1) is 13.1. The third-order valence-electron chi connectivity index (χ3n) is 3.36. The number of benzene rings is 1. The van der Waals surface area contributed by atoms with Crippen LogP contribution < -0.4 is 10.6 Å². The SMILES string of the molecule is Cc1cccc(NC(=O)C(C)N2CCNCC2)c1. The van der Waals surface area contributed by atoms with Crippen LogP contribution in [0.1, 0.15) is 12.5 Å². The summed E-state index contributed by atoms with van der Waals surface area (Å²) in [6.45, 7) is 7.78. The molecule has 4 nitrogen and oxygen atoms in total. The number of anilines is 1. The van der Waals surface area contributed by atoms with Gasteiger partial charge >= 0.3 is 0 Å². The van der Waals surface area contributed by atoms with E-state index in [0.717, 1.165) is 37.4 Å². The molecule has 1 atom stereocenters. The van der Waals surface area contributed by atoms with E-state index in [1.54, 1.807) is 0 Å². The number of carbonyl (C=O) groups is 1. The van der Waals surface area contributed by atoms with Crippen molar-refractivity contribution in [2.24, 2.45) is 0 Å². The van der Waals surface area contributed by atoms with Crippen LogP contribution in [0, 0.1) is 6.92 Å². The average molecular weight is 247 g/mol. The lowest BCUT2D eigenvalue weighted by molar-refractivity contribution is -0.120. The molecule has 1 aliphatic rings. The molecule has 1 saturated heterocycles. The number of hydrogen-bond acceptors (Lipinski definition) is 3. The second kappa shape index (κ2) is 5.98. The fourth-order valence-corrected chi connectivity index (χ4v) is 2.20. The third kappa shape index (κ3) is 3.31. The molecule has 0 aliphatic carbocycles. The lowest BCUT2D eigenvalue weighted by Gasteiger charge is -2.31. The summed E-state index contributed by atoms with van der Waals surface area (Å²) in [4.78, 5) is 14.4. The number of hydrogen-bond donors (Lipinski definition) is 2. The summed E-state index contributed by atoms with van der Waals surface area (Å²) >= 11 is 0. The Hall–Kier alpha value is -1.39. The molecule has 0 aromatic heterocycles. The summed E-state index contributed by atoms with van der Waals surface area (Å²) in [5, 5.41) is 6.27. The first-order valence-electron chi connectivity index (χ1n) is 6.49. The highest BCUT2D eigenvalue weighted by Gasteiger charge is 2.22. The van der Waals surface area contributed by atoms with Gasteiger partial charge in [-0.15, -0.1) is 0 Å². The van der Waals surface area contributed by atoms with Gasteiger partial charge in [0.2, 0.25) is 5.91 Å². The first-order valence-corrected chi connectivity index (χ1v) is 6.49. The van der Waals surface area contributed by atoms with Gasteiger partial charge in [-0.2, -0.15) is 0 Å². The molecule has 98 valence electrons. The van der Waals surface area contributed by atoms with Crippen LogP contribution in [0.2, 0.25) is 0 Å². The van der Waals surface area contributed by atoms with Crippen LogP contribution in [0.5, 0.6) is 0 Å². The van der Waals surface area contributed by atoms with Gasteiger partial charge in [0.15, 0.2) is 0 Å². The van der Waals surface area contributed by atoms with E-state index < -0.39 is 0 Å². The Bertz CT molecular complexity index is 413. The number of nitrogens with one attached hydrogen (secondary N) is 2. The van der Waals surface area contributed by atoms with Gasteiger partial charge in [-0.1, -0.05) is 12.1 Å². The fourth-order valence-electron chi connectivity index (χ4n) is 2.20. The van der Waals surface area contributed by atoms with Crippen LogP contribution >= 0.6 is 0 Å². The second-order valence-electron chi connectivity index (χ2n) is 4.82. The highest BCUT2D eigenvalue weighted by molar-refractivity contribution is 5.94. The van der Waals surface area contributed by atoms with Gasteiger partial charge in [0, 0.05) is 31.9 Å². The molecule has 1 amide bonds. The molecule has 0 saturated carbocycles. The van der Waals surface area contributed by atoms with Crippen molar-refractivity contribution >= 4 is 11.6 Å². The van der Waals surface area contributed by atoms with E-state index in [9.17, 15) is 4.79 Å². The quantitative estimate of drug-likeness (QED) is 0.844. The molecule has 18 heavy (non-hydrogen) atoms. The summed E-state index contributed by atoms with van der Waals surface area (Å²) in [5.74, 6) is 0.0718. The van der Waals surface area contributed by atoms with Crippen LogP contribution in [0.15, 0.2) is 24.3 Å². The second-order valence-corrected chi connectivity index (χ2v) is 4.82. The Labute approximate surface area is 108 Å². The van der Waals surface area contributed by atoms with E-state index in [0.29, 0.717) is 0 Å². The molecule has 1 aromatic rings. The van der Waals surface area contributed by atoms with Gasteiger partial charge in [0.1, 0.15) is 0 Å². The topological polar surface area (TPSA) is 44.4 Å². The largest absolute Gasteiger partial charge is 0.325 e. The number of rotatable bonds is 3. The summed E-state index contributed by atoms with van der Waals surface area (Å²) < 4.78 is 0. The van der Waals surface area contributed by atoms with Gasteiger partial charge in [-0.05, 0) is 31.5 Å². The summed E-state index contributed by atoms with van der Waals surface area (Å²) in [7, 11) is 0. The molecule has 0 radical (unpaired) electrons. The molecule has 2 N–H and O–H groups in total. The average Bonchev–Trinajstić information content (AvgIpc) is 2.39.